The van der Waals surface area contributed by atoms with E-state index in [4.69, 9.17) is 16.3 Å². The average Bonchev–Trinajstić information content (AvgIpc) is 3.67. The summed E-state index contributed by atoms with van der Waals surface area (Å²) >= 11 is 8.05. The molecule has 190 valence electrons. The van der Waals surface area contributed by atoms with E-state index in [0.717, 1.165) is 61.6 Å². The van der Waals surface area contributed by atoms with Crippen LogP contribution in [-0.2, 0) is 14.3 Å². The summed E-state index contributed by atoms with van der Waals surface area (Å²) in [6.45, 7) is 1.85. The molecule has 4 atom stereocenters. The van der Waals surface area contributed by atoms with E-state index in [2.05, 4.69) is 20.6 Å². The highest BCUT2D eigenvalue weighted by Crippen LogP contribution is 2.36. The van der Waals surface area contributed by atoms with Gasteiger partial charge in [-0.1, -0.05) is 43.2 Å². The number of Topliss-reactive ketones (excluding diaryl/α,β-unsaturated/α-hetero) is 1. The summed E-state index contributed by atoms with van der Waals surface area (Å²) in [5, 5.41) is 5.70. The van der Waals surface area contributed by atoms with Crippen LogP contribution in [0.25, 0.3) is 5.70 Å². The van der Waals surface area contributed by atoms with Crippen LogP contribution in [0.4, 0.5) is 0 Å². The second-order valence-electron chi connectivity index (χ2n) is 10.1. The number of carbonyl (C=O) groups is 3. The normalized spacial score (nSPS) is 28.6. The molecule has 0 unspecified atom stereocenters. The van der Waals surface area contributed by atoms with Crippen molar-refractivity contribution < 1.29 is 19.1 Å². The van der Waals surface area contributed by atoms with Gasteiger partial charge in [-0.3, -0.25) is 19.4 Å². The smallest absolute Gasteiger partial charge is 0.251 e. The van der Waals surface area contributed by atoms with Crippen LogP contribution in [0.15, 0.2) is 34.7 Å². The van der Waals surface area contributed by atoms with Crippen LogP contribution in [0.1, 0.15) is 48.0 Å². The third-order valence-corrected chi connectivity index (χ3v) is 9.16. The Labute approximate surface area is 219 Å². The van der Waals surface area contributed by atoms with E-state index < -0.39 is 23.6 Å². The Morgan fingerprint density at radius 2 is 2.06 bits per heavy atom. The molecule has 6 rings (SSSR count). The highest BCUT2D eigenvalue weighted by molar-refractivity contribution is 8.16. The van der Waals surface area contributed by atoms with Crippen LogP contribution in [0.2, 0.25) is 0 Å². The zero-order valence-corrected chi connectivity index (χ0v) is 21.5. The fourth-order valence-corrected chi connectivity index (χ4v) is 7.36. The molecule has 0 aromatic heterocycles. The van der Waals surface area contributed by atoms with Crippen LogP contribution in [-0.4, -0.2) is 82.4 Å². The highest BCUT2D eigenvalue weighted by Gasteiger charge is 2.53. The van der Waals surface area contributed by atoms with Gasteiger partial charge in [-0.15, -0.1) is 11.6 Å². The fraction of sp³-hybridized carbons (Fsp3) is 0.538. The fourth-order valence-electron chi connectivity index (χ4n) is 6.04. The summed E-state index contributed by atoms with van der Waals surface area (Å²) in [6, 6.07) is 6.16. The van der Waals surface area contributed by atoms with Crippen LogP contribution in [0, 0.1) is 5.92 Å². The lowest BCUT2D eigenvalue weighted by Gasteiger charge is -2.34. The number of aliphatic imine (C=N–C) groups is 1. The number of hydrogen-bond acceptors (Lipinski definition) is 7. The minimum atomic E-state index is -0.698. The molecule has 4 heterocycles. The Kier molecular flexibility index (Phi) is 6.56. The molecule has 4 aliphatic heterocycles. The molecule has 10 heteroatoms. The Bertz CT molecular complexity index is 1150. The third kappa shape index (κ3) is 4.25. The summed E-state index contributed by atoms with van der Waals surface area (Å²) in [5.41, 5.74) is 2.50. The SMILES string of the molecule is O=C(N[C@H](C(=O)N1C[C@H](Cl)[C@H]2OCC(=O)[C@H]21)C1CCCCC1)c1cccc(C2=CSC3=NCCN23)c1. The first-order valence-corrected chi connectivity index (χ1v) is 14.0. The summed E-state index contributed by atoms with van der Waals surface area (Å²) in [6.07, 6.45) is 4.45. The van der Waals surface area contributed by atoms with Crippen molar-refractivity contribution in [3.05, 3.63) is 40.8 Å². The minimum absolute atomic E-state index is 0.0207. The van der Waals surface area contributed by atoms with Crippen LogP contribution >= 0.6 is 23.4 Å². The second-order valence-corrected chi connectivity index (χ2v) is 11.5. The molecule has 2 saturated heterocycles. The molecule has 1 N–H and O–H groups in total. The van der Waals surface area contributed by atoms with Gasteiger partial charge in [0.2, 0.25) is 5.91 Å². The van der Waals surface area contributed by atoms with Gasteiger partial charge in [0.05, 0.1) is 17.6 Å². The zero-order chi connectivity index (χ0) is 24.8. The number of fused-ring (bicyclic) bond motifs is 2. The summed E-state index contributed by atoms with van der Waals surface area (Å²) < 4.78 is 5.57. The summed E-state index contributed by atoms with van der Waals surface area (Å²) in [7, 11) is 0. The molecule has 5 aliphatic rings. The van der Waals surface area contributed by atoms with Crippen molar-refractivity contribution >= 4 is 51.8 Å². The molecule has 8 nitrogen and oxygen atoms in total. The molecule has 1 saturated carbocycles. The standard InChI is InChI=1S/C26H29ClN4O4S/c27-18-12-31(22-20(32)13-35-23(18)22)25(34)21(15-5-2-1-3-6-15)29-24(33)17-8-4-7-16(11-17)19-14-36-26-28-9-10-30(19)26/h4,7-8,11,14-15,18,21-23H,1-3,5-6,9-10,12-13H2,(H,29,33)/t18-,21-,22+,23+/m0/s1. The van der Waals surface area contributed by atoms with E-state index in [1.165, 1.54) is 0 Å². The van der Waals surface area contributed by atoms with E-state index in [-0.39, 0.29) is 36.7 Å². The molecular formula is C26H29ClN4O4S. The largest absolute Gasteiger partial charge is 0.366 e. The highest BCUT2D eigenvalue weighted by atomic mass is 35.5. The number of ether oxygens (including phenoxy) is 1. The number of thioether (sulfide) groups is 1. The van der Waals surface area contributed by atoms with Gasteiger partial charge in [-0.25, -0.2) is 0 Å². The molecule has 1 aromatic rings. The van der Waals surface area contributed by atoms with Crippen LogP contribution in [0.5, 0.6) is 0 Å². The Morgan fingerprint density at radius 3 is 2.89 bits per heavy atom. The van der Waals surface area contributed by atoms with Gasteiger partial charge in [0, 0.05) is 24.1 Å². The maximum absolute atomic E-state index is 13.9. The first kappa shape index (κ1) is 24.0. The van der Waals surface area contributed by atoms with Crippen molar-refractivity contribution in [2.24, 2.45) is 10.9 Å². The van der Waals surface area contributed by atoms with E-state index >= 15 is 0 Å². The van der Waals surface area contributed by atoms with Crippen molar-refractivity contribution in [1.29, 1.82) is 0 Å². The summed E-state index contributed by atoms with van der Waals surface area (Å²) in [4.78, 5) is 48.1. The van der Waals surface area contributed by atoms with Crippen molar-refractivity contribution in [3.8, 4) is 0 Å². The molecule has 0 radical (unpaired) electrons. The first-order valence-electron chi connectivity index (χ1n) is 12.7. The molecule has 3 fully saturated rings. The lowest BCUT2D eigenvalue weighted by molar-refractivity contribution is -0.139. The topological polar surface area (TPSA) is 91.3 Å². The van der Waals surface area contributed by atoms with E-state index in [1.807, 2.05) is 18.2 Å². The Hall–Kier alpha value is -2.36. The van der Waals surface area contributed by atoms with Gasteiger partial charge in [0.25, 0.3) is 5.91 Å². The van der Waals surface area contributed by atoms with Gasteiger partial charge < -0.3 is 19.9 Å². The number of hydrogen-bond donors (Lipinski definition) is 1. The van der Waals surface area contributed by atoms with Gasteiger partial charge in [0.1, 0.15) is 24.8 Å². The van der Waals surface area contributed by atoms with Crippen LogP contribution in [0.3, 0.4) is 0 Å². The van der Waals surface area contributed by atoms with Crippen molar-refractivity contribution in [2.45, 2.75) is 55.7 Å². The monoisotopic (exact) mass is 528 g/mol. The number of carbonyl (C=O) groups excluding carboxylic acids is 3. The number of alkyl halides is 1. The van der Waals surface area contributed by atoms with E-state index in [0.29, 0.717) is 5.56 Å². The first-order chi connectivity index (χ1) is 17.5. The van der Waals surface area contributed by atoms with Crippen molar-refractivity contribution in [2.75, 3.05) is 26.2 Å². The minimum Gasteiger partial charge on any atom is -0.366 e. The lowest BCUT2D eigenvalue weighted by Crippen LogP contribution is -2.55. The quantitative estimate of drug-likeness (QED) is 0.591. The number of nitrogens with zero attached hydrogens (tertiary/aromatic N) is 3. The van der Waals surface area contributed by atoms with E-state index in [1.54, 1.807) is 22.7 Å². The zero-order valence-electron chi connectivity index (χ0n) is 19.9. The van der Waals surface area contributed by atoms with Gasteiger partial charge in [-0.2, -0.15) is 0 Å². The number of nitrogens with one attached hydrogen (secondary N) is 1. The van der Waals surface area contributed by atoms with Crippen molar-refractivity contribution in [1.82, 2.24) is 15.1 Å². The van der Waals surface area contributed by atoms with Gasteiger partial charge >= 0.3 is 0 Å². The van der Waals surface area contributed by atoms with Gasteiger partial charge in [-0.05, 0) is 36.5 Å². The van der Waals surface area contributed by atoms with Crippen molar-refractivity contribution in [3.63, 3.8) is 0 Å². The third-order valence-electron chi connectivity index (χ3n) is 7.87. The number of amides is 2. The Morgan fingerprint density at radius 1 is 1.22 bits per heavy atom. The van der Waals surface area contributed by atoms with E-state index in [9.17, 15) is 14.4 Å². The summed E-state index contributed by atoms with van der Waals surface area (Å²) in [5.74, 6) is -0.600. The number of amidine groups is 1. The Balaban J connectivity index is 1.24. The lowest BCUT2D eigenvalue weighted by atomic mass is 9.83. The molecule has 2 amide bonds. The maximum atomic E-state index is 13.9. The molecule has 1 aliphatic carbocycles. The average molecular weight is 529 g/mol. The molecule has 36 heavy (non-hydrogen) atoms. The predicted molar refractivity (Wildman–Crippen MR) is 139 cm³/mol. The molecule has 0 spiro atoms. The number of likely N-dealkylation sites (tertiary alicyclic amines) is 1. The number of ketones is 1. The van der Waals surface area contributed by atoms with Gasteiger partial charge in [0.15, 0.2) is 11.0 Å². The second kappa shape index (κ2) is 9.84. The predicted octanol–water partition coefficient (Wildman–Crippen LogP) is 2.87. The molecule has 0 bridgehead atoms. The molecular weight excluding hydrogens is 500 g/mol. The number of benzene rings is 1. The number of rotatable bonds is 5. The maximum Gasteiger partial charge on any atom is 0.251 e. The molecule has 1 aromatic carbocycles. The number of halogens is 1. The van der Waals surface area contributed by atoms with Crippen LogP contribution < -0.4 is 5.32 Å².